The molecule has 5 heteroatoms. The maximum absolute atomic E-state index is 14.7. The minimum Gasteiger partial charge on any atom is -0.503 e. The highest BCUT2D eigenvalue weighted by molar-refractivity contribution is 6.19. The second-order valence-corrected chi connectivity index (χ2v) is 6.81. The van der Waals surface area contributed by atoms with Crippen molar-refractivity contribution in [2.24, 2.45) is 0 Å². The van der Waals surface area contributed by atoms with Crippen molar-refractivity contribution in [3.63, 3.8) is 0 Å². The molecule has 0 aromatic heterocycles. The van der Waals surface area contributed by atoms with E-state index in [1.807, 2.05) is 30.3 Å². The van der Waals surface area contributed by atoms with Crippen LogP contribution in [-0.2, 0) is 9.59 Å². The minimum absolute atomic E-state index is 0.134. The van der Waals surface area contributed by atoms with Gasteiger partial charge in [0.15, 0.2) is 11.5 Å². The SMILES string of the molecule is O=C(/C=C/c1ccccc1)C1=C(O)C(=O)N(c2ccccc2)[C@H]1c1ccccc1F. The smallest absolute Gasteiger partial charge is 0.294 e. The van der Waals surface area contributed by atoms with Gasteiger partial charge in [0.1, 0.15) is 5.82 Å². The average Bonchev–Trinajstić information content (AvgIpc) is 3.04. The largest absolute Gasteiger partial charge is 0.503 e. The van der Waals surface area contributed by atoms with Crippen LogP contribution >= 0.6 is 0 Å². The lowest BCUT2D eigenvalue weighted by Gasteiger charge is -2.26. The van der Waals surface area contributed by atoms with E-state index in [1.54, 1.807) is 42.5 Å². The summed E-state index contributed by atoms with van der Waals surface area (Å²) in [6, 6.07) is 22.6. The molecule has 0 fully saturated rings. The summed E-state index contributed by atoms with van der Waals surface area (Å²) >= 11 is 0. The number of ketones is 1. The van der Waals surface area contributed by atoms with E-state index in [2.05, 4.69) is 0 Å². The number of para-hydroxylation sites is 1. The van der Waals surface area contributed by atoms with Crippen LogP contribution in [0, 0.1) is 5.82 Å². The topological polar surface area (TPSA) is 57.6 Å². The Labute approximate surface area is 173 Å². The number of aliphatic hydroxyl groups excluding tert-OH is 1. The van der Waals surface area contributed by atoms with Crippen LogP contribution in [0.5, 0.6) is 0 Å². The fourth-order valence-corrected chi connectivity index (χ4v) is 3.53. The third-order valence-electron chi connectivity index (χ3n) is 4.93. The molecular formula is C25H18FNO3. The molecule has 148 valence electrons. The Bertz CT molecular complexity index is 1150. The number of halogens is 1. The molecule has 0 bridgehead atoms. The van der Waals surface area contributed by atoms with Crippen molar-refractivity contribution >= 4 is 23.5 Å². The van der Waals surface area contributed by atoms with E-state index in [0.717, 1.165) is 5.56 Å². The van der Waals surface area contributed by atoms with Crippen molar-refractivity contribution in [1.82, 2.24) is 0 Å². The van der Waals surface area contributed by atoms with Gasteiger partial charge in [-0.15, -0.1) is 0 Å². The molecule has 1 N–H and O–H groups in total. The molecule has 30 heavy (non-hydrogen) atoms. The van der Waals surface area contributed by atoms with Gasteiger partial charge in [-0.1, -0.05) is 72.8 Å². The highest BCUT2D eigenvalue weighted by Gasteiger charge is 2.44. The fraction of sp³-hybridized carbons (Fsp3) is 0.0400. The Kier molecular flexibility index (Phi) is 5.26. The van der Waals surface area contributed by atoms with Crippen LogP contribution in [0.3, 0.4) is 0 Å². The Balaban J connectivity index is 1.81. The van der Waals surface area contributed by atoms with Crippen LogP contribution in [-0.4, -0.2) is 16.8 Å². The minimum atomic E-state index is -1.07. The number of allylic oxidation sites excluding steroid dienone is 1. The third kappa shape index (κ3) is 3.53. The second kappa shape index (κ2) is 8.17. The third-order valence-corrected chi connectivity index (χ3v) is 4.93. The van der Waals surface area contributed by atoms with Gasteiger partial charge >= 0.3 is 0 Å². The molecule has 0 saturated carbocycles. The Hall–Kier alpha value is -3.99. The summed E-state index contributed by atoms with van der Waals surface area (Å²) in [6.45, 7) is 0. The van der Waals surface area contributed by atoms with Gasteiger partial charge in [0, 0.05) is 11.3 Å². The second-order valence-electron chi connectivity index (χ2n) is 6.81. The molecule has 1 aliphatic heterocycles. The van der Waals surface area contributed by atoms with Crippen LogP contribution in [0.25, 0.3) is 6.08 Å². The molecular weight excluding hydrogens is 381 g/mol. The van der Waals surface area contributed by atoms with E-state index >= 15 is 0 Å². The van der Waals surface area contributed by atoms with Gasteiger partial charge in [-0.25, -0.2) is 4.39 Å². The van der Waals surface area contributed by atoms with E-state index in [-0.39, 0.29) is 11.1 Å². The van der Waals surface area contributed by atoms with Gasteiger partial charge in [-0.2, -0.15) is 0 Å². The molecule has 3 aromatic rings. The zero-order valence-corrected chi connectivity index (χ0v) is 15.9. The Morgan fingerprint density at radius 2 is 1.50 bits per heavy atom. The summed E-state index contributed by atoms with van der Waals surface area (Å²) in [5.41, 5.74) is 1.23. The molecule has 4 nitrogen and oxygen atoms in total. The van der Waals surface area contributed by atoms with Crippen molar-refractivity contribution in [2.75, 3.05) is 4.90 Å². The molecule has 4 rings (SSSR count). The number of carbonyl (C=O) groups excluding carboxylic acids is 2. The van der Waals surface area contributed by atoms with Crippen LogP contribution in [0.4, 0.5) is 10.1 Å². The highest BCUT2D eigenvalue weighted by Crippen LogP contribution is 2.41. The van der Waals surface area contributed by atoms with Crippen molar-refractivity contribution in [1.29, 1.82) is 0 Å². The lowest BCUT2D eigenvalue weighted by molar-refractivity contribution is -0.117. The monoisotopic (exact) mass is 399 g/mol. The summed E-state index contributed by atoms with van der Waals surface area (Å²) in [4.78, 5) is 27.2. The van der Waals surface area contributed by atoms with Crippen molar-refractivity contribution in [3.8, 4) is 0 Å². The maximum atomic E-state index is 14.7. The first kappa shape index (κ1) is 19.3. The molecule has 1 atom stereocenters. The van der Waals surface area contributed by atoms with E-state index < -0.39 is 29.3 Å². The molecule has 1 heterocycles. The quantitative estimate of drug-likeness (QED) is 0.614. The van der Waals surface area contributed by atoms with Gasteiger partial charge in [0.25, 0.3) is 5.91 Å². The van der Waals surface area contributed by atoms with Crippen LogP contribution in [0.1, 0.15) is 17.2 Å². The molecule has 0 unspecified atom stereocenters. The molecule has 1 aliphatic rings. The van der Waals surface area contributed by atoms with Gasteiger partial charge in [0.05, 0.1) is 11.6 Å². The highest BCUT2D eigenvalue weighted by atomic mass is 19.1. The molecule has 3 aromatic carbocycles. The summed E-state index contributed by atoms with van der Waals surface area (Å²) in [5, 5.41) is 10.6. The van der Waals surface area contributed by atoms with Crippen molar-refractivity contribution < 1.29 is 19.1 Å². The number of hydrogen-bond donors (Lipinski definition) is 1. The molecule has 0 aliphatic carbocycles. The number of nitrogens with zero attached hydrogens (tertiary/aromatic N) is 1. The molecule has 0 spiro atoms. The summed E-state index contributed by atoms with van der Waals surface area (Å²) in [6.07, 6.45) is 2.88. The van der Waals surface area contributed by atoms with E-state index in [0.29, 0.717) is 5.69 Å². The normalized spacial score (nSPS) is 16.5. The lowest BCUT2D eigenvalue weighted by Crippen LogP contribution is -2.31. The van der Waals surface area contributed by atoms with Gasteiger partial charge in [-0.05, 0) is 29.8 Å². The number of benzene rings is 3. The van der Waals surface area contributed by atoms with Crippen molar-refractivity contribution in [2.45, 2.75) is 6.04 Å². The number of aliphatic hydroxyl groups is 1. The van der Waals surface area contributed by atoms with E-state index in [4.69, 9.17) is 0 Å². The van der Waals surface area contributed by atoms with E-state index in [1.165, 1.54) is 29.2 Å². The average molecular weight is 399 g/mol. The van der Waals surface area contributed by atoms with Crippen molar-refractivity contribution in [3.05, 3.63) is 119 Å². The first-order valence-corrected chi connectivity index (χ1v) is 9.41. The van der Waals surface area contributed by atoms with Crippen LogP contribution in [0.2, 0.25) is 0 Å². The first-order valence-electron chi connectivity index (χ1n) is 9.41. The summed E-state index contributed by atoms with van der Waals surface area (Å²) in [5.74, 6) is -2.54. The number of anilines is 1. The maximum Gasteiger partial charge on any atom is 0.294 e. The predicted octanol–water partition coefficient (Wildman–Crippen LogP) is 5.01. The molecule has 0 radical (unpaired) electrons. The van der Waals surface area contributed by atoms with Crippen LogP contribution in [0.15, 0.2) is 102 Å². The number of amides is 1. The number of rotatable bonds is 5. The predicted molar refractivity (Wildman–Crippen MR) is 113 cm³/mol. The first-order chi connectivity index (χ1) is 14.6. The van der Waals surface area contributed by atoms with E-state index in [9.17, 15) is 19.1 Å². The number of hydrogen-bond acceptors (Lipinski definition) is 3. The van der Waals surface area contributed by atoms with Gasteiger partial charge < -0.3 is 5.11 Å². The Morgan fingerprint density at radius 1 is 0.900 bits per heavy atom. The van der Waals surface area contributed by atoms with Crippen LogP contribution < -0.4 is 4.90 Å². The van der Waals surface area contributed by atoms with Gasteiger partial charge in [-0.3, -0.25) is 14.5 Å². The Morgan fingerprint density at radius 3 is 2.17 bits per heavy atom. The zero-order chi connectivity index (χ0) is 21.1. The zero-order valence-electron chi connectivity index (χ0n) is 15.9. The lowest BCUT2D eigenvalue weighted by atomic mass is 9.95. The molecule has 0 saturated heterocycles. The fourth-order valence-electron chi connectivity index (χ4n) is 3.53. The summed E-state index contributed by atoms with van der Waals surface area (Å²) < 4.78 is 14.7. The molecule has 1 amide bonds. The van der Waals surface area contributed by atoms with Gasteiger partial charge in [0.2, 0.25) is 0 Å². The standard InChI is InChI=1S/C25H18FNO3/c26-20-14-8-7-13-19(20)23-22(21(28)16-15-17-9-3-1-4-10-17)24(29)25(30)27(23)18-11-5-2-6-12-18/h1-16,23,29H/b16-15+/t23-/m0/s1. The summed E-state index contributed by atoms with van der Waals surface area (Å²) in [7, 11) is 0. The number of carbonyl (C=O) groups is 2.